The highest BCUT2D eigenvalue weighted by Gasteiger charge is 2.38. The number of hydrogen-bond acceptors (Lipinski definition) is 4. The summed E-state index contributed by atoms with van der Waals surface area (Å²) in [4.78, 5) is 22.0. The molecule has 186 valence electrons. The van der Waals surface area contributed by atoms with E-state index < -0.39 is 5.67 Å². The van der Waals surface area contributed by atoms with Crippen molar-refractivity contribution in [3.63, 3.8) is 0 Å². The van der Waals surface area contributed by atoms with Crippen molar-refractivity contribution in [3.8, 4) is 17.2 Å². The number of nitriles is 1. The summed E-state index contributed by atoms with van der Waals surface area (Å²) < 4.78 is 15.7. The number of alkyl halides is 1. The second-order valence-electron chi connectivity index (χ2n) is 10.0. The van der Waals surface area contributed by atoms with E-state index in [1.54, 1.807) is 29.2 Å². The minimum atomic E-state index is -1.49. The van der Waals surface area contributed by atoms with Gasteiger partial charge in [0.2, 0.25) is 0 Å². The van der Waals surface area contributed by atoms with Gasteiger partial charge in [0.15, 0.2) is 0 Å². The molecule has 6 heteroatoms. The molecule has 4 rings (SSSR count). The zero-order chi connectivity index (χ0) is 26.0. The molecule has 0 atom stereocenters. The fourth-order valence-corrected chi connectivity index (χ4v) is 4.78. The first-order valence-electron chi connectivity index (χ1n) is 12.4. The zero-order valence-electron chi connectivity index (χ0n) is 21.7. The second-order valence-corrected chi connectivity index (χ2v) is 10.0. The molecule has 0 N–H and O–H groups in total. The van der Waals surface area contributed by atoms with Gasteiger partial charge in [-0.15, -0.1) is 0 Å². The molecule has 0 aliphatic carbocycles. The summed E-state index contributed by atoms with van der Waals surface area (Å²) in [6.07, 6.45) is 2.32. The lowest BCUT2D eigenvalue weighted by Gasteiger charge is -2.37. The van der Waals surface area contributed by atoms with Crippen molar-refractivity contribution in [1.29, 1.82) is 5.26 Å². The molecule has 1 amide bonds. The minimum absolute atomic E-state index is 0.0697. The van der Waals surface area contributed by atoms with Gasteiger partial charge in [0.05, 0.1) is 11.6 Å². The third-order valence-electron chi connectivity index (χ3n) is 7.37. The Hall–Kier alpha value is -3.72. The molecule has 1 fully saturated rings. The van der Waals surface area contributed by atoms with E-state index >= 15 is 4.39 Å². The topological polar surface area (TPSA) is 60.2 Å². The highest BCUT2D eigenvalue weighted by Crippen LogP contribution is 2.38. The van der Waals surface area contributed by atoms with Crippen molar-refractivity contribution in [2.45, 2.75) is 52.2 Å². The maximum atomic E-state index is 15.7. The third-order valence-corrected chi connectivity index (χ3v) is 7.37. The van der Waals surface area contributed by atoms with Gasteiger partial charge in [-0.3, -0.25) is 4.79 Å². The van der Waals surface area contributed by atoms with Crippen LogP contribution in [0.25, 0.3) is 11.1 Å². The molecular formula is C30H33FN4O. The van der Waals surface area contributed by atoms with Crippen LogP contribution in [0.3, 0.4) is 0 Å². The molecule has 2 heterocycles. The minimum Gasteiger partial charge on any atom is -0.357 e. The lowest BCUT2D eigenvalue weighted by Crippen LogP contribution is -2.43. The zero-order valence-corrected chi connectivity index (χ0v) is 21.7. The molecule has 3 aromatic rings. The van der Waals surface area contributed by atoms with E-state index in [1.807, 2.05) is 51.4 Å². The summed E-state index contributed by atoms with van der Waals surface area (Å²) in [6, 6.07) is 17.1. The molecule has 1 aliphatic heterocycles. The van der Waals surface area contributed by atoms with Gasteiger partial charge in [0, 0.05) is 56.3 Å². The standard InChI is InChI=1S/C30H33FN4O/c1-20(2)34(5)28-11-8-24(19-33-28)26-17-27(22(4)16-21(26)3)29(36)35-14-12-30(31,13-15-35)25-9-6-23(18-32)7-10-25/h6-11,16-17,19-20H,12-15H2,1-5H3. The van der Waals surface area contributed by atoms with Crippen LogP contribution in [0.15, 0.2) is 54.7 Å². The Kier molecular flexibility index (Phi) is 7.12. The van der Waals surface area contributed by atoms with E-state index in [-0.39, 0.29) is 18.7 Å². The van der Waals surface area contributed by atoms with Crippen molar-refractivity contribution in [2.75, 3.05) is 25.0 Å². The van der Waals surface area contributed by atoms with Crippen LogP contribution in [0.1, 0.15) is 59.3 Å². The van der Waals surface area contributed by atoms with Crippen LogP contribution in [-0.4, -0.2) is 42.0 Å². The molecule has 1 aromatic heterocycles. The Balaban J connectivity index is 1.53. The highest BCUT2D eigenvalue weighted by molar-refractivity contribution is 5.97. The van der Waals surface area contributed by atoms with Crippen LogP contribution in [0.5, 0.6) is 0 Å². The Bertz CT molecular complexity index is 1280. The number of hydrogen-bond donors (Lipinski definition) is 0. The molecule has 0 saturated carbocycles. The first-order valence-corrected chi connectivity index (χ1v) is 12.4. The third kappa shape index (κ3) is 4.97. The molecule has 2 aromatic carbocycles. The fraction of sp³-hybridized carbons (Fsp3) is 0.367. The Morgan fingerprint density at radius 1 is 1.08 bits per heavy atom. The van der Waals surface area contributed by atoms with Crippen molar-refractivity contribution in [2.24, 2.45) is 0 Å². The predicted octanol–water partition coefficient (Wildman–Crippen LogP) is 6.18. The van der Waals surface area contributed by atoms with Crippen LogP contribution in [0, 0.1) is 25.2 Å². The number of nitrogens with zero attached hydrogens (tertiary/aromatic N) is 4. The van der Waals surface area contributed by atoms with Crippen LogP contribution in [0.2, 0.25) is 0 Å². The average Bonchev–Trinajstić information content (AvgIpc) is 2.88. The molecule has 1 saturated heterocycles. The highest BCUT2D eigenvalue weighted by atomic mass is 19.1. The number of pyridine rings is 1. The summed E-state index contributed by atoms with van der Waals surface area (Å²) in [7, 11) is 2.02. The maximum Gasteiger partial charge on any atom is 0.254 e. The number of carbonyl (C=O) groups is 1. The molecule has 5 nitrogen and oxygen atoms in total. The van der Waals surface area contributed by atoms with Crippen molar-refractivity contribution in [3.05, 3.63) is 82.5 Å². The van der Waals surface area contributed by atoms with E-state index in [4.69, 9.17) is 5.26 Å². The summed E-state index contributed by atoms with van der Waals surface area (Å²) in [6.45, 7) is 8.92. The smallest absolute Gasteiger partial charge is 0.254 e. The molecule has 0 spiro atoms. The molecule has 0 bridgehead atoms. The number of piperidine rings is 1. The van der Waals surface area contributed by atoms with Gasteiger partial charge in [-0.2, -0.15) is 5.26 Å². The van der Waals surface area contributed by atoms with Gasteiger partial charge in [0.1, 0.15) is 11.5 Å². The SMILES string of the molecule is Cc1cc(C)c(-c2ccc(N(C)C(C)C)nc2)cc1C(=O)N1CCC(F)(c2ccc(C#N)cc2)CC1. The van der Waals surface area contributed by atoms with Crippen molar-refractivity contribution >= 4 is 11.7 Å². The van der Waals surface area contributed by atoms with Crippen LogP contribution >= 0.6 is 0 Å². The number of carbonyl (C=O) groups excluding carboxylic acids is 1. The lowest BCUT2D eigenvalue weighted by atomic mass is 9.85. The number of amides is 1. The summed E-state index contributed by atoms with van der Waals surface area (Å²) in [5.41, 5.74) is 4.17. The van der Waals surface area contributed by atoms with E-state index in [0.717, 1.165) is 28.1 Å². The molecular weight excluding hydrogens is 451 g/mol. The van der Waals surface area contributed by atoms with Crippen LogP contribution in [-0.2, 0) is 5.67 Å². The first kappa shape index (κ1) is 25.4. The number of anilines is 1. The number of aromatic nitrogens is 1. The Morgan fingerprint density at radius 3 is 2.31 bits per heavy atom. The lowest BCUT2D eigenvalue weighted by molar-refractivity contribution is 0.0421. The van der Waals surface area contributed by atoms with E-state index in [0.29, 0.717) is 35.8 Å². The van der Waals surface area contributed by atoms with Crippen molar-refractivity contribution < 1.29 is 9.18 Å². The first-order chi connectivity index (χ1) is 17.1. The van der Waals surface area contributed by atoms with Crippen molar-refractivity contribution in [1.82, 2.24) is 9.88 Å². The van der Waals surface area contributed by atoms with Crippen LogP contribution in [0.4, 0.5) is 10.2 Å². The number of benzene rings is 2. The second kappa shape index (κ2) is 10.1. The number of likely N-dealkylation sites (tertiary alicyclic amines) is 1. The van der Waals surface area contributed by atoms with Gasteiger partial charge < -0.3 is 9.80 Å². The van der Waals surface area contributed by atoms with E-state index in [1.165, 1.54) is 0 Å². The number of halogens is 1. The Labute approximate surface area is 213 Å². The summed E-state index contributed by atoms with van der Waals surface area (Å²) >= 11 is 0. The summed E-state index contributed by atoms with van der Waals surface area (Å²) in [5, 5.41) is 9.00. The van der Waals surface area contributed by atoms with Gasteiger partial charge in [-0.05, 0) is 80.3 Å². The van der Waals surface area contributed by atoms with E-state index in [9.17, 15) is 4.79 Å². The fourth-order valence-electron chi connectivity index (χ4n) is 4.78. The monoisotopic (exact) mass is 484 g/mol. The van der Waals surface area contributed by atoms with Gasteiger partial charge in [-0.1, -0.05) is 18.2 Å². The number of rotatable bonds is 5. The van der Waals surface area contributed by atoms with Gasteiger partial charge in [-0.25, -0.2) is 9.37 Å². The normalized spacial score (nSPS) is 15.0. The largest absolute Gasteiger partial charge is 0.357 e. The average molecular weight is 485 g/mol. The van der Waals surface area contributed by atoms with Crippen LogP contribution < -0.4 is 4.90 Å². The number of aryl methyl sites for hydroxylation is 2. The quantitative estimate of drug-likeness (QED) is 0.434. The van der Waals surface area contributed by atoms with Gasteiger partial charge >= 0.3 is 0 Å². The molecule has 0 unspecified atom stereocenters. The van der Waals surface area contributed by atoms with E-state index in [2.05, 4.69) is 29.8 Å². The summed E-state index contributed by atoms with van der Waals surface area (Å²) in [5.74, 6) is 0.833. The predicted molar refractivity (Wildman–Crippen MR) is 142 cm³/mol. The Morgan fingerprint density at radius 2 is 1.75 bits per heavy atom. The maximum absolute atomic E-state index is 15.7. The molecule has 36 heavy (non-hydrogen) atoms. The molecule has 1 aliphatic rings. The van der Waals surface area contributed by atoms with Gasteiger partial charge in [0.25, 0.3) is 5.91 Å². The molecule has 0 radical (unpaired) electrons.